The average molecular weight is 451 g/mol. The van der Waals surface area contributed by atoms with Gasteiger partial charge < -0.3 is 15.2 Å². The van der Waals surface area contributed by atoms with Crippen molar-refractivity contribution >= 4 is 15.9 Å². The topological polar surface area (TPSA) is 105 Å². The highest BCUT2D eigenvalue weighted by molar-refractivity contribution is 7.89. The van der Waals surface area contributed by atoms with Gasteiger partial charge in [0, 0.05) is 42.2 Å². The minimum atomic E-state index is -3.30. The number of rotatable bonds is 6. The molecule has 4 heterocycles. The zero-order chi connectivity index (χ0) is 21.8. The summed E-state index contributed by atoms with van der Waals surface area (Å²) < 4.78 is 33.8. The van der Waals surface area contributed by atoms with Crippen LogP contribution in [0, 0.1) is 5.92 Å². The van der Waals surface area contributed by atoms with Crippen LogP contribution < -0.4 is 10.6 Å². The normalized spacial score (nSPS) is 36.5. The Morgan fingerprint density at radius 2 is 1.77 bits per heavy atom. The number of hydrogen-bond donors (Lipinski definition) is 2. The van der Waals surface area contributed by atoms with Gasteiger partial charge in [0.1, 0.15) is 5.76 Å². The molecule has 0 aromatic carbocycles. The summed E-state index contributed by atoms with van der Waals surface area (Å²) in [6, 6.07) is 2.44. The van der Waals surface area contributed by atoms with Gasteiger partial charge in [-0.2, -0.15) is 4.31 Å². The third kappa shape index (κ3) is 4.54. The first-order chi connectivity index (χ1) is 14.8. The molecule has 1 saturated carbocycles. The Kier molecular flexibility index (Phi) is 5.63. The summed E-state index contributed by atoms with van der Waals surface area (Å²) in [5.74, 6) is 1.46. The Labute approximate surface area is 184 Å². The smallest absolute Gasteiger partial charge is 0.273 e. The average Bonchev–Trinajstić information content (AvgIpc) is 3.32. The molecule has 1 amide bonds. The first-order valence-electron chi connectivity index (χ1n) is 11.8. The van der Waals surface area contributed by atoms with Crippen LogP contribution in [0.5, 0.6) is 0 Å². The third-order valence-corrected chi connectivity index (χ3v) is 9.58. The second-order valence-corrected chi connectivity index (χ2v) is 12.2. The van der Waals surface area contributed by atoms with Crippen LogP contribution in [0.2, 0.25) is 0 Å². The monoisotopic (exact) mass is 450 g/mol. The van der Waals surface area contributed by atoms with E-state index < -0.39 is 10.0 Å². The lowest BCUT2D eigenvalue weighted by molar-refractivity contribution is 0.0900. The van der Waals surface area contributed by atoms with Crippen LogP contribution in [-0.2, 0) is 10.0 Å². The highest BCUT2D eigenvalue weighted by Gasteiger charge is 2.47. The fourth-order valence-electron chi connectivity index (χ4n) is 6.16. The molecule has 1 aliphatic carbocycles. The Balaban J connectivity index is 1.20. The molecular weight excluding hydrogens is 416 g/mol. The van der Waals surface area contributed by atoms with Gasteiger partial charge in [-0.05, 0) is 71.1 Å². The number of fused-ring (bicyclic) bond motifs is 2. The molecule has 9 heteroatoms. The summed E-state index contributed by atoms with van der Waals surface area (Å²) in [5, 5.41) is 10.5. The van der Waals surface area contributed by atoms with Gasteiger partial charge >= 0.3 is 0 Å². The van der Waals surface area contributed by atoms with Crippen LogP contribution in [0.25, 0.3) is 0 Å². The van der Waals surface area contributed by atoms with Gasteiger partial charge in [-0.25, -0.2) is 8.42 Å². The van der Waals surface area contributed by atoms with Gasteiger partial charge in [-0.3, -0.25) is 4.79 Å². The largest absolute Gasteiger partial charge is 0.360 e. The van der Waals surface area contributed by atoms with Crippen molar-refractivity contribution in [2.45, 2.75) is 101 Å². The van der Waals surface area contributed by atoms with Gasteiger partial charge in [-0.15, -0.1) is 0 Å². The van der Waals surface area contributed by atoms with Gasteiger partial charge in [0.25, 0.3) is 5.91 Å². The molecule has 4 aliphatic rings. The summed E-state index contributed by atoms with van der Waals surface area (Å²) in [6.45, 7) is 4.27. The van der Waals surface area contributed by atoms with E-state index in [0.717, 1.165) is 44.3 Å². The lowest BCUT2D eigenvalue weighted by Crippen LogP contribution is -2.54. The first kappa shape index (κ1) is 21.4. The van der Waals surface area contributed by atoms with Crippen LogP contribution in [0.1, 0.15) is 87.4 Å². The Bertz CT molecular complexity index is 904. The number of carbonyl (C=O) groups excluding carboxylic acids is 1. The quantitative estimate of drug-likeness (QED) is 0.690. The lowest BCUT2D eigenvalue weighted by atomic mass is 9.91. The molecule has 2 bridgehead atoms. The van der Waals surface area contributed by atoms with Crippen molar-refractivity contribution in [3.8, 4) is 0 Å². The molecule has 3 unspecified atom stereocenters. The van der Waals surface area contributed by atoms with E-state index in [1.165, 1.54) is 0 Å². The van der Waals surface area contributed by atoms with Crippen molar-refractivity contribution in [2.75, 3.05) is 5.75 Å². The number of carbonyl (C=O) groups is 1. The van der Waals surface area contributed by atoms with E-state index in [1.54, 1.807) is 10.4 Å². The van der Waals surface area contributed by atoms with Crippen LogP contribution in [-0.4, -0.2) is 59.7 Å². The SMILES string of the molecule is CC1CC(CS(=O)(=O)N2[C@@H]3CC[C@H]2CC(NC(=O)c2cc(C4CC4)on2)C3)CC(C)N1. The van der Waals surface area contributed by atoms with Crippen molar-refractivity contribution < 1.29 is 17.7 Å². The number of nitrogens with one attached hydrogen (secondary N) is 2. The summed E-state index contributed by atoms with van der Waals surface area (Å²) in [6.07, 6.45) is 7.12. The zero-order valence-electron chi connectivity index (χ0n) is 18.4. The summed E-state index contributed by atoms with van der Waals surface area (Å²) in [7, 11) is -3.30. The van der Waals surface area contributed by atoms with E-state index in [0.29, 0.717) is 36.5 Å². The standard InChI is InChI=1S/C22H34N4O4S/c1-13-7-15(8-14(2)23-13)12-31(28,29)26-18-5-6-19(26)10-17(9-18)24-22(27)20-11-21(30-25-20)16-3-4-16/h11,13-19,23H,3-10,12H2,1-2H3,(H,24,27)/t13?,14?,15?,17?,18-,19+. The van der Waals surface area contributed by atoms with Crippen molar-refractivity contribution in [2.24, 2.45) is 5.92 Å². The van der Waals surface area contributed by atoms with Crippen molar-refractivity contribution in [1.29, 1.82) is 0 Å². The van der Waals surface area contributed by atoms with E-state index in [2.05, 4.69) is 29.6 Å². The molecule has 5 atom stereocenters. The van der Waals surface area contributed by atoms with E-state index in [-0.39, 0.29) is 35.7 Å². The molecule has 31 heavy (non-hydrogen) atoms. The highest BCUT2D eigenvalue weighted by atomic mass is 32.2. The second kappa shape index (κ2) is 8.15. The summed E-state index contributed by atoms with van der Waals surface area (Å²) in [4.78, 5) is 12.6. The van der Waals surface area contributed by atoms with Crippen LogP contribution in [0.15, 0.2) is 10.6 Å². The van der Waals surface area contributed by atoms with Crippen LogP contribution in [0.4, 0.5) is 0 Å². The maximum atomic E-state index is 13.3. The molecule has 3 saturated heterocycles. The Morgan fingerprint density at radius 1 is 1.13 bits per heavy atom. The van der Waals surface area contributed by atoms with Crippen molar-refractivity contribution in [3.05, 3.63) is 17.5 Å². The molecule has 172 valence electrons. The fraction of sp³-hybridized carbons (Fsp3) is 0.818. The molecule has 0 spiro atoms. The third-order valence-electron chi connectivity index (χ3n) is 7.45. The van der Waals surface area contributed by atoms with Gasteiger partial charge in [0.05, 0.1) is 5.75 Å². The molecule has 8 nitrogen and oxygen atoms in total. The maximum Gasteiger partial charge on any atom is 0.273 e. The summed E-state index contributed by atoms with van der Waals surface area (Å²) in [5.41, 5.74) is 0.332. The minimum Gasteiger partial charge on any atom is -0.360 e. The molecular formula is C22H34N4O4S. The molecule has 2 N–H and O–H groups in total. The van der Waals surface area contributed by atoms with E-state index >= 15 is 0 Å². The molecule has 3 aliphatic heterocycles. The van der Waals surface area contributed by atoms with Gasteiger partial charge in [0.2, 0.25) is 10.0 Å². The van der Waals surface area contributed by atoms with E-state index in [1.807, 2.05) is 0 Å². The minimum absolute atomic E-state index is 0.00931. The molecule has 0 radical (unpaired) electrons. The van der Waals surface area contributed by atoms with Crippen LogP contribution >= 0.6 is 0 Å². The van der Waals surface area contributed by atoms with Crippen molar-refractivity contribution in [3.63, 3.8) is 0 Å². The Hall–Kier alpha value is -1.45. The molecule has 5 rings (SSSR count). The zero-order valence-corrected chi connectivity index (χ0v) is 19.2. The number of nitrogens with zero attached hydrogens (tertiary/aromatic N) is 2. The predicted octanol–water partition coefficient (Wildman–Crippen LogP) is 2.38. The first-order valence-corrected chi connectivity index (χ1v) is 13.4. The number of aromatic nitrogens is 1. The van der Waals surface area contributed by atoms with Gasteiger partial charge in [-0.1, -0.05) is 5.16 Å². The number of hydrogen-bond acceptors (Lipinski definition) is 6. The lowest BCUT2D eigenvalue weighted by Gasteiger charge is -2.40. The predicted molar refractivity (Wildman–Crippen MR) is 116 cm³/mol. The second-order valence-electron chi connectivity index (χ2n) is 10.3. The molecule has 1 aromatic heterocycles. The van der Waals surface area contributed by atoms with Crippen LogP contribution in [0.3, 0.4) is 0 Å². The van der Waals surface area contributed by atoms with Gasteiger partial charge in [0.15, 0.2) is 5.69 Å². The Morgan fingerprint density at radius 3 is 2.39 bits per heavy atom. The maximum absolute atomic E-state index is 13.3. The number of sulfonamides is 1. The number of piperidine rings is 2. The molecule has 4 fully saturated rings. The highest BCUT2D eigenvalue weighted by Crippen LogP contribution is 2.41. The van der Waals surface area contributed by atoms with Crippen molar-refractivity contribution in [1.82, 2.24) is 20.1 Å². The fourth-order valence-corrected chi connectivity index (χ4v) is 8.49. The number of amides is 1. The van der Waals surface area contributed by atoms with E-state index in [9.17, 15) is 13.2 Å². The van der Waals surface area contributed by atoms with E-state index in [4.69, 9.17) is 4.52 Å². The summed E-state index contributed by atoms with van der Waals surface area (Å²) >= 11 is 0. The molecule has 1 aromatic rings.